The van der Waals surface area contributed by atoms with Crippen LogP contribution in [0.3, 0.4) is 0 Å². The quantitative estimate of drug-likeness (QED) is 0.568. The van der Waals surface area contributed by atoms with Crippen LogP contribution in [0.1, 0.15) is 6.42 Å². The molecule has 0 aliphatic carbocycles. The number of carboxylic acid groups (broad SMARTS) is 1. The summed E-state index contributed by atoms with van der Waals surface area (Å²) in [6.07, 6.45) is 4.28. The molecule has 16 heavy (non-hydrogen) atoms. The highest BCUT2D eigenvalue weighted by atomic mass is 32.2. The van der Waals surface area contributed by atoms with Crippen molar-refractivity contribution < 1.29 is 14.7 Å². The summed E-state index contributed by atoms with van der Waals surface area (Å²) < 4.78 is 0. The minimum absolute atomic E-state index is 0.414. The molecule has 1 atom stereocenters. The van der Waals surface area contributed by atoms with Crippen LogP contribution in [-0.4, -0.2) is 53.7 Å². The third kappa shape index (κ3) is 7.70. The molecular formula is C9H18N2O3S2. The summed E-state index contributed by atoms with van der Waals surface area (Å²) in [6, 6.07) is -1.22. The number of aliphatic carboxylic acids is 1. The van der Waals surface area contributed by atoms with Gasteiger partial charge in [0.2, 0.25) is 0 Å². The van der Waals surface area contributed by atoms with Gasteiger partial charge in [0.15, 0.2) is 0 Å². The third-order valence-electron chi connectivity index (χ3n) is 1.81. The highest BCUT2D eigenvalue weighted by Crippen LogP contribution is 2.00. The van der Waals surface area contributed by atoms with Crippen molar-refractivity contribution in [3.63, 3.8) is 0 Å². The minimum Gasteiger partial charge on any atom is -0.480 e. The first-order valence-electron chi connectivity index (χ1n) is 4.86. The predicted molar refractivity (Wildman–Crippen MR) is 69.3 cm³/mol. The van der Waals surface area contributed by atoms with E-state index >= 15 is 0 Å². The second-order valence-electron chi connectivity index (χ2n) is 3.07. The maximum Gasteiger partial charge on any atom is 0.326 e. The molecule has 0 fully saturated rings. The molecule has 0 saturated carbocycles. The third-order valence-corrected chi connectivity index (χ3v) is 3.06. The van der Waals surface area contributed by atoms with Crippen molar-refractivity contribution in [1.29, 1.82) is 0 Å². The summed E-state index contributed by atoms with van der Waals surface area (Å²) in [4.78, 5) is 22.1. The molecule has 0 aliphatic heterocycles. The molecule has 94 valence electrons. The number of carbonyl (C=O) groups excluding carboxylic acids is 1. The van der Waals surface area contributed by atoms with Crippen LogP contribution in [0.25, 0.3) is 0 Å². The molecule has 3 N–H and O–H groups in total. The average molecular weight is 266 g/mol. The Morgan fingerprint density at radius 1 is 1.25 bits per heavy atom. The first-order chi connectivity index (χ1) is 7.61. The topological polar surface area (TPSA) is 78.4 Å². The van der Waals surface area contributed by atoms with Gasteiger partial charge in [0.1, 0.15) is 6.04 Å². The van der Waals surface area contributed by atoms with Crippen LogP contribution in [0.5, 0.6) is 0 Å². The average Bonchev–Trinajstić information content (AvgIpc) is 2.24. The lowest BCUT2D eigenvalue weighted by Crippen LogP contribution is -2.46. The predicted octanol–water partition coefficient (Wildman–Crippen LogP) is 0.855. The van der Waals surface area contributed by atoms with Crippen molar-refractivity contribution in [2.24, 2.45) is 0 Å². The molecule has 0 rings (SSSR count). The zero-order chi connectivity index (χ0) is 12.4. The van der Waals surface area contributed by atoms with Gasteiger partial charge in [-0.15, -0.1) is 0 Å². The van der Waals surface area contributed by atoms with Crippen molar-refractivity contribution in [3.8, 4) is 0 Å². The van der Waals surface area contributed by atoms with E-state index in [4.69, 9.17) is 5.11 Å². The Hall–Kier alpha value is -0.560. The van der Waals surface area contributed by atoms with Crippen LogP contribution in [0, 0.1) is 0 Å². The molecule has 7 heteroatoms. The number of carboxylic acids is 1. The number of hydrogen-bond acceptors (Lipinski definition) is 4. The van der Waals surface area contributed by atoms with Gasteiger partial charge in [-0.1, -0.05) is 0 Å². The van der Waals surface area contributed by atoms with E-state index in [2.05, 4.69) is 10.6 Å². The fraction of sp³-hybridized carbons (Fsp3) is 0.778. The molecule has 1 unspecified atom stereocenters. The maximum absolute atomic E-state index is 11.3. The summed E-state index contributed by atoms with van der Waals surface area (Å²) in [7, 11) is 0. The van der Waals surface area contributed by atoms with Gasteiger partial charge in [0.25, 0.3) is 0 Å². The molecule has 0 radical (unpaired) electrons. The molecule has 0 aromatic heterocycles. The Kier molecular flexibility index (Phi) is 9.31. The monoisotopic (exact) mass is 266 g/mol. The largest absolute Gasteiger partial charge is 0.480 e. The molecular weight excluding hydrogens is 248 g/mol. The fourth-order valence-corrected chi connectivity index (χ4v) is 1.75. The Labute approximate surface area is 104 Å². The second-order valence-corrected chi connectivity index (χ2v) is 5.04. The summed E-state index contributed by atoms with van der Waals surface area (Å²) in [5.74, 6) is 0.534. The molecule has 0 aliphatic rings. The number of thioether (sulfide) groups is 2. The first-order valence-corrected chi connectivity index (χ1v) is 7.65. The van der Waals surface area contributed by atoms with E-state index in [1.165, 1.54) is 0 Å². The van der Waals surface area contributed by atoms with E-state index in [1.807, 2.05) is 12.5 Å². The van der Waals surface area contributed by atoms with Gasteiger partial charge >= 0.3 is 12.0 Å². The fourth-order valence-electron chi connectivity index (χ4n) is 0.969. The molecule has 0 bridgehead atoms. The van der Waals surface area contributed by atoms with E-state index in [0.29, 0.717) is 18.7 Å². The van der Waals surface area contributed by atoms with Crippen LogP contribution in [0.15, 0.2) is 0 Å². The lowest BCUT2D eigenvalue weighted by molar-refractivity contribution is -0.139. The number of rotatable bonds is 8. The molecule has 2 amide bonds. The van der Waals surface area contributed by atoms with Crippen molar-refractivity contribution in [2.45, 2.75) is 12.5 Å². The van der Waals surface area contributed by atoms with Gasteiger partial charge in [-0.3, -0.25) is 0 Å². The van der Waals surface area contributed by atoms with Gasteiger partial charge in [0.05, 0.1) is 0 Å². The summed E-state index contributed by atoms with van der Waals surface area (Å²) in [5, 5.41) is 13.9. The Balaban J connectivity index is 3.88. The molecule has 5 nitrogen and oxygen atoms in total. The number of amides is 2. The summed E-state index contributed by atoms with van der Waals surface area (Å²) in [6.45, 7) is 0.544. The number of hydrogen-bond donors (Lipinski definition) is 3. The van der Waals surface area contributed by atoms with E-state index < -0.39 is 18.0 Å². The Morgan fingerprint density at radius 2 is 1.88 bits per heavy atom. The summed E-state index contributed by atoms with van der Waals surface area (Å²) >= 11 is 3.18. The minimum atomic E-state index is -0.992. The summed E-state index contributed by atoms with van der Waals surface area (Å²) in [5.41, 5.74) is 0. The SMILES string of the molecule is CSCCNC(=O)NC(CCSC)C(=O)O. The van der Waals surface area contributed by atoms with Gasteiger partial charge in [0, 0.05) is 12.3 Å². The van der Waals surface area contributed by atoms with E-state index in [0.717, 1.165) is 5.75 Å². The highest BCUT2D eigenvalue weighted by Gasteiger charge is 2.18. The second kappa shape index (κ2) is 9.65. The van der Waals surface area contributed by atoms with Crippen LogP contribution in [0.2, 0.25) is 0 Å². The lowest BCUT2D eigenvalue weighted by atomic mass is 10.2. The lowest BCUT2D eigenvalue weighted by Gasteiger charge is -2.14. The van der Waals surface area contributed by atoms with Gasteiger partial charge in [-0.2, -0.15) is 23.5 Å². The van der Waals surface area contributed by atoms with E-state index in [-0.39, 0.29) is 0 Å². The Morgan fingerprint density at radius 3 is 2.38 bits per heavy atom. The molecule has 0 spiro atoms. The standard InChI is InChI=1S/C9H18N2O3S2/c1-15-5-3-7(8(12)13)11-9(14)10-4-6-16-2/h7H,3-6H2,1-2H3,(H,12,13)(H2,10,11,14). The Bertz CT molecular complexity index is 227. The van der Waals surface area contributed by atoms with Crippen molar-refractivity contribution in [1.82, 2.24) is 10.6 Å². The van der Waals surface area contributed by atoms with Crippen LogP contribution < -0.4 is 10.6 Å². The zero-order valence-corrected chi connectivity index (χ0v) is 11.1. The molecule has 0 aromatic carbocycles. The highest BCUT2D eigenvalue weighted by molar-refractivity contribution is 7.98. The molecule has 0 heterocycles. The van der Waals surface area contributed by atoms with Crippen LogP contribution >= 0.6 is 23.5 Å². The number of urea groups is 1. The number of nitrogens with one attached hydrogen (secondary N) is 2. The molecule has 0 saturated heterocycles. The van der Waals surface area contributed by atoms with Crippen LogP contribution in [0.4, 0.5) is 4.79 Å². The smallest absolute Gasteiger partial charge is 0.326 e. The van der Waals surface area contributed by atoms with Crippen molar-refractivity contribution in [2.75, 3.05) is 30.6 Å². The number of carbonyl (C=O) groups is 2. The van der Waals surface area contributed by atoms with Crippen LogP contribution in [-0.2, 0) is 4.79 Å². The maximum atomic E-state index is 11.3. The van der Waals surface area contributed by atoms with Gasteiger partial charge < -0.3 is 15.7 Å². The van der Waals surface area contributed by atoms with E-state index in [1.54, 1.807) is 23.5 Å². The van der Waals surface area contributed by atoms with Crippen molar-refractivity contribution >= 4 is 35.5 Å². The van der Waals surface area contributed by atoms with Gasteiger partial charge in [-0.05, 0) is 24.7 Å². The van der Waals surface area contributed by atoms with E-state index in [9.17, 15) is 9.59 Å². The molecule has 0 aromatic rings. The van der Waals surface area contributed by atoms with Crippen molar-refractivity contribution in [3.05, 3.63) is 0 Å². The first kappa shape index (κ1) is 15.4. The zero-order valence-electron chi connectivity index (χ0n) is 9.49. The normalized spacial score (nSPS) is 11.9. The van der Waals surface area contributed by atoms with Gasteiger partial charge in [-0.25, -0.2) is 9.59 Å².